The molecule has 3 rings (SSSR count). The maximum absolute atomic E-state index is 12.8. The Morgan fingerprint density at radius 1 is 1.38 bits per heavy atom. The molecule has 1 aromatic heterocycles. The first-order valence-electron chi connectivity index (χ1n) is 8.30. The highest BCUT2D eigenvalue weighted by molar-refractivity contribution is 5.94. The lowest BCUT2D eigenvalue weighted by molar-refractivity contribution is -0.384. The molecule has 9 heteroatoms. The molecule has 0 bridgehead atoms. The number of nitrogens with zero attached hydrogens (tertiary/aromatic N) is 4. The van der Waals surface area contributed by atoms with E-state index in [-0.39, 0.29) is 30.0 Å². The normalized spacial score (nSPS) is 19.7. The third kappa shape index (κ3) is 4.03. The Kier molecular flexibility index (Phi) is 6.33. The second-order valence-electron chi connectivity index (χ2n) is 6.46. The first kappa shape index (κ1) is 19.9. The van der Waals surface area contributed by atoms with Gasteiger partial charge in [0.05, 0.1) is 22.4 Å². The van der Waals surface area contributed by atoms with Crippen molar-refractivity contribution in [2.75, 3.05) is 13.1 Å². The van der Waals surface area contributed by atoms with Crippen molar-refractivity contribution >= 4 is 24.0 Å². The standard InChI is InChI=1S/C17H21N5O3.ClH/c1-12-6-7-20(16(8-12)9-18)17(23)13-10-19-21(11-13)14-2-4-15(5-3-14)22(24)25;/h2-5,10-12,16H,6-9,18H2,1H3;1H. The zero-order valence-corrected chi connectivity index (χ0v) is 15.3. The van der Waals surface area contributed by atoms with E-state index in [0.717, 1.165) is 12.8 Å². The Morgan fingerprint density at radius 2 is 2.08 bits per heavy atom. The van der Waals surface area contributed by atoms with E-state index in [1.165, 1.54) is 18.3 Å². The number of nitro benzene ring substituents is 1. The van der Waals surface area contributed by atoms with Crippen molar-refractivity contribution in [3.05, 3.63) is 52.3 Å². The van der Waals surface area contributed by atoms with E-state index in [9.17, 15) is 14.9 Å². The molecule has 0 aliphatic carbocycles. The number of aromatic nitrogens is 2. The number of rotatable bonds is 4. The molecule has 0 spiro atoms. The molecule has 2 N–H and O–H groups in total. The smallest absolute Gasteiger partial charge is 0.269 e. The second-order valence-corrected chi connectivity index (χ2v) is 6.46. The van der Waals surface area contributed by atoms with E-state index in [0.29, 0.717) is 30.3 Å². The SMILES string of the molecule is CC1CCN(C(=O)c2cnn(-c3ccc([N+](=O)[O-])cc3)c2)C(CN)C1.Cl. The Hall–Kier alpha value is -2.45. The van der Waals surface area contributed by atoms with Crippen molar-refractivity contribution in [1.82, 2.24) is 14.7 Å². The van der Waals surface area contributed by atoms with Gasteiger partial charge in [0.25, 0.3) is 11.6 Å². The third-order valence-corrected chi connectivity index (χ3v) is 4.67. The van der Waals surface area contributed by atoms with E-state index < -0.39 is 4.92 Å². The summed E-state index contributed by atoms with van der Waals surface area (Å²) in [6.45, 7) is 3.33. The van der Waals surface area contributed by atoms with Crippen molar-refractivity contribution in [3.8, 4) is 5.69 Å². The van der Waals surface area contributed by atoms with E-state index in [1.807, 2.05) is 4.90 Å². The molecule has 2 atom stereocenters. The number of carbonyl (C=O) groups excluding carboxylic acids is 1. The highest BCUT2D eigenvalue weighted by atomic mass is 35.5. The predicted molar refractivity (Wildman–Crippen MR) is 99.7 cm³/mol. The first-order valence-corrected chi connectivity index (χ1v) is 8.30. The zero-order chi connectivity index (χ0) is 18.0. The first-order chi connectivity index (χ1) is 12.0. The number of amides is 1. The molecule has 1 fully saturated rings. The number of carbonyl (C=O) groups is 1. The number of nitrogens with two attached hydrogens (primary N) is 1. The largest absolute Gasteiger partial charge is 0.334 e. The molecular weight excluding hydrogens is 358 g/mol. The summed E-state index contributed by atoms with van der Waals surface area (Å²) in [4.78, 5) is 24.9. The van der Waals surface area contributed by atoms with Gasteiger partial charge in [-0.3, -0.25) is 14.9 Å². The number of piperidine rings is 1. The third-order valence-electron chi connectivity index (χ3n) is 4.67. The van der Waals surface area contributed by atoms with Crippen LogP contribution in [0, 0.1) is 16.0 Å². The van der Waals surface area contributed by atoms with Crippen LogP contribution in [0.2, 0.25) is 0 Å². The number of likely N-dealkylation sites (tertiary alicyclic amines) is 1. The fourth-order valence-electron chi connectivity index (χ4n) is 3.21. The van der Waals surface area contributed by atoms with Gasteiger partial charge in [-0.2, -0.15) is 5.10 Å². The minimum atomic E-state index is -0.452. The van der Waals surface area contributed by atoms with Gasteiger partial charge in [0.1, 0.15) is 0 Å². The van der Waals surface area contributed by atoms with Gasteiger partial charge in [-0.15, -0.1) is 12.4 Å². The summed E-state index contributed by atoms with van der Waals surface area (Å²) in [5, 5.41) is 14.9. The fourth-order valence-corrected chi connectivity index (χ4v) is 3.21. The summed E-state index contributed by atoms with van der Waals surface area (Å²) in [6, 6.07) is 6.08. The topological polar surface area (TPSA) is 107 Å². The predicted octanol–water partition coefficient (Wildman–Crippen LogP) is 2.40. The molecule has 0 saturated carbocycles. The molecule has 26 heavy (non-hydrogen) atoms. The van der Waals surface area contributed by atoms with Crippen LogP contribution in [0.15, 0.2) is 36.7 Å². The van der Waals surface area contributed by atoms with Crippen LogP contribution >= 0.6 is 12.4 Å². The van der Waals surface area contributed by atoms with Gasteiger partial charge >= 0.3 is 0 Å². The Bertz CT molecular complexity index is 777. The number of non-ortho nitro benzene ring substituents is 1. The monoisotopic (exact) mass is 379 g/mol. The molecule has 1 aliphatic heterocycles. The van der Waals surface area contributed by atoms with Gasteiger partial charge in [0.2, 0.25) is 0 Å². The molecule has 1 saturated heterocycles. The quantitative estimate of drug-likeness (QED) is 0.648. The minimum Gasteiger partial charge on any atom is -0.334 e. The van der Waals surface area contributed by atoms with E-state index in [4.69, 9.17) is 5.73 Å². The fraction of sp³-hybridized carbons (Fsp3) is 0.412. The van der Waals surface area contributed by atoms with Gasteiger partial charge in [0, 0.05) is 37.5 Å². The average molecular weight is 380 g/mol. The van der Waals surface area contributed by atoms with Gasteiger partial charge in [-0.05, 0) is 30.9 Å². The van der Waals surface area contributed by atoms with Crippen molar-refractivity contribution in [2.24, 2.45) is 11.7 Å². The van der Waals surface area contributed by atoms with Gasteiger partial charge in [0.15, 0.2) is 0 Å². The van der Waals surface area contributed by atoms with Crippen LogP contribution in [-0.2, 0) is 0 Å². The lowest BCUT2D eigenvalue weighted by Crippen LogP contribution is -2.49. The molecule has 1 aromatic carbocycles. The molecule has 8 nitrogen and oxygen atoms in total. The summed E-state index contributed by atoms with van der Waals surface area (Å²) >= 11 is 0. The van der Waals surface area contributed by atoms with Crippen LogP contribution in [0.4, 0.5) is 5.69 Å². The summed E-state index contributed by atoms with van der Waals surface area (Å²) in [6.07, 6.45) is 5.06. The maximum atomic E-state index is 12.8. The summed E-state index contributed by atoms with van der Waals surface area (Å²) < 4.78 is 1.54. The molecule has 1 amide bonds. The number of nitro groups is 1. The van der Waals surface area contributed by atoms with Crippen LogP contribution in [0.3, 0.4) is 0 Å². The van der Waals surface area contributed by atoms with Crippen LogP contribution in [0.1, 0.15) is 30.1 Å². The number of hydrogen-bond acceptors (Lipinski definition) is 5. The Balaban J connectivity index is 0.00000243. The molecule has 2 aromatic rings. The highest BCUT2D eigenvalue weighted by Gasteiger charge is 2.30. The van der Waals surface area contributed by atoms with Crippen molar-refractivity contribution in [3.63, 3.8) is 0 Å². The Labute approximate surface area is 157 Å². The average Bonchev–Trinajstić information content (AvgIpc) is 3.11. The van der Waals surface area contributed by atoms with Crippen molar-refractivity contribution in [2.45, 2.75) is 25.8 Å². The van der Waals surface area contributed by atoms with Crippen LogP contribution in [0.25, 0.3) is 5.69 Å². The molecule has 2 heterocycles. The minimum absolute atomic E-state index is 0. The van der Waals surface area contributed by atoms with Crippen LogP contribution in [-0.4, -0.2) is 44.6 Å². The number of halogens is 1. The maximum Gasteiger partial charge on any atom is 0.269 e. The summed E-state index contributed by atoms with van der Waals surface area (Å²) in [5.74, 6) is 0.496. The number of hydrogen-bond donors (Lipinski definition) is 1. The zero-order valence-electron chi connectivity index (χ0n) is 14.4. The lowest BCUT2D eigenvalue weighted by Gasteiger charge is -2.37. The number of benzene rings is 1. The summed E-state index contributed by atoms with van der Waals surface area (Å²) in [7, 11) is 0. The van der Waals surface area contributed by atoms with Crippen LogP contribution in [0.5, 0.6) is 0 Å². The molecule has 1 aliphatic rings. The van der Waals surface area contributed by atoms with Crippen molar-refractivity contribution < 1.29 is 9.72 Å². The van der Waals surface area contributed by atoms with Gasteiger partial charge < -0.3 is 10.6 Å². The van der Waals surface area contributed by atoms with Gasteiger partial charge in [-0.25, -0.2) is 4.68 Å². The molecule has 140 valence electrons. The summed E-state index contributed by atoms with van der Waals surface area (Å²) in [5.41, 5.74) is 7.00. The lowest BCUT2D eigenvalue weighted by atomic mass is 9.92. The molecule has 0 radical (unpaired) electrons. The van der Waals surface area contributed by atoms with E-state index in [2.05, 4.69) is 12.0 Å². The van der Waals surface area contributed by atoms with E-state index >= 15 is 0 Å². The second kappa shape index (κ2) is 8.29. The Morgan fingerprint density at radius 3 is 2.69 bits per heavy atom. The van der Waals surface area contributed by atoms with Crippen LogP contribution < -0.4 is 5.73 Å². The highest BCUT2D eigenvalue weighted by Crippen LogP contribution is 2.24. The van der Waals surface area contributed by atoms with E-state index in [1.54, 1.807) is 23.0 Å². The molecular formula is C17H22ClN5O3. The van der Waals surface area contributed by atoms with Crippen molar-refractivity contribution in [1.29, 1.82) is 0 Å². The van der Waals surface area contributed by atoms with Gasteiger partial charge in [-0.1, -0.05) is 6.92 Å². The molecule has 2 unspecified atom stereocenters.